The molecule has 0 radical (unpaired) electrons. The molecule has 1 aromatic rings. The van der Waals surface area contributed by atoms with Crippen LogP contribution in [0, 0.1) is 0 Å². The zero-order valence-corrected chi connectivity index (χ0v) is 11.4. The van der Waals surface area contributed by atoms with Gasteiger partial charge in [-0.1, -0.05) is 12.8 Å². The van der Waals surface area contributed by atoms with Crippen LogP contribution in [0.3, 0.4) is 0 Å². The second-order valence-corrected chi connectivity index (χ2v) is 5.01. The first-order valence-corrected chi connectivity index (χ1v) is 6.59. The van der Waals surface area contributed by atoms with Gasteiger partial charge in [0.2, 0.25) is 5.95 Å². The molecule has 1 aliphatic heterocycles. The second-order valence-electron chi connectivity index (χ2n) is 5.01. The second kappa shape index (κ2) is 5.86. The van der Waals surface area contributed by atoms with Crippen molar-refractivity contribution in [1.29, 1.82) is 0 Å². The van der Waals surface area contributed by atoms with E-state index in [-0.39, 0.29) is 0 Å². The van der Waals surface area contributed by atoms with Gasteiger partial charge < -0.3 is 14.9 Å². The maximum absolute atomic E-state index is 11.4. The van der Waals surface area contributed by atoms with E-state index in [4.69, 9.17) is 0 Å². The molecule has 0 aromatic carbocycles. The molecular weight excluding hydrogens is 244 g/mol. The molecule has 104 valence electrons. The van der Waals surface area contributed by atoms with Crippen LogP contribution in [-0.4, -0.2) is 47.7 Å². The van der Waals surface area contributed by atoms with Gasteiger partial charge in [-0.05, 0) is 18.9 Å². The van der Waals surface area contributed by atoms with E-state index < -0.39 is 12.0 Å². The van der Waals surface area contributed by atoms with Crippen LogP contribution in [0.1, 0.15) is 25.7 Å². The Balaban J connectivity index is 2.30. The van der Waals surface area contributed by atoms with Gasteiger partial charge in [-0.15, -0.1) is 0 Å². The Bertz CT molecular complexity index is 450. The molecule has 19 heavy (non-hydrogen) atoms. The minimum absolute atomic E-state index is 0.479. The smallest absolute Gasteiger partial charge is 0.326 e. The number of carboxylic acid groups (broad SMARTS) is 1. The highest BCUT2D eigenvalue weighted by atomic mass is 16.4. The lowest BCUT2D eigenvalue weighted by atomic mass is 10.1. The normalized spacial score (nSPS) is 19.9. The Morgan fingerprint density at radius 3 is 2.89 bits per heavy atom. The molecule has 1 fully saturated rings. The van der Waals surface area contributed by atoms with Crippen molar-refractivity contribution in [3.8, 4) is 0 Å². The minimum Gasteiger partial charge on any atom is -0.480 e. The highest BCUT2D eigenvalue weighted by molar-refractivity contribution is 5.77. The zero-order valence-electron chi connectivity index (χ0n) is 11.4. The van der Waals surface area contributed by atoms with Gasteiger partial charge in [-0.2, -0.15) is 4.98 Å². The van der Waals surface area contributed by atoms with Crippen molar-refractivity contribution < 1.29 is 9.90 Å². The molecule has 1 aliphatic rings. The lowest BCUT2D eigenvalue weighted by molar-refractivity contribution is -0.138. The first kappa shape index (κ1) is 13.6. The van der Waals surface area contributed by atoms with E-state index in [0.717, 1.165) is 25.8 Å². The summed E-state index contributed by atoms with van der Waals surface area (Å²) in [4.78, 5) is 23.7. The third-order valence-electron chi connectivity index (χ3n) is 3.36. The lowest BCUT2D eigenvalue weighted by Gasteiger charge is -2.28. The molecule has 0 spiro atoms. The van der Waals surface area contributed by atoms with E-state index in [2.05, 4.69) is 9.97 Å². The van der Waals surface area contributed by atoms with Crippen LogP contribution in [0.4, 0.5) is 11.8 Å². The fourth-order valence-electron chi connectivity index (χ4n) is 2.35. The average Bonchev–Trinajstić information content (AvgIpc) is 2.64. The molecule has 0 saturated carbocycles. The van der Waals surface area contributed by atoms with Gasteiger partial charge in [-0.25, -0.2) is 9.78 Å². The molecule has 0 bridgehead atoms. The number of aromatic nitrogens is 2. The number of rotatable bonds is 3. The number of hydrogen-bond donors (Lipinski definition) is 1. The molecule has 0 amide bonds. The first-order valence-electron chi connectivity index (χ1n) is 6.59. The molecule has 0 aliphatic carbocycles. The van der Waals surface area contributed by atoms with Crippen molar-refractivity contribution in [1.82, 2.24) is 9.97 Å². The Hall–Kier alpha value is -1.85. The van der Waals surface area contributed by atoms with Gasteiger partial charge in [0.25, 0.3) is 0 Å². The van der Waals surface area contributed by atoms with Crippen LogP contribution in [0.25, 0.3) is 0 Å². The summed E-state index contributed by atoms with van der Waals surface area (Å²) in [5, 5.41) is 9.38. The Morgan fingerprint density at radius 2 is 2.21 bits per heavy atom. The van der Waals surface area contributed by atoms with Crippen molar-refractivity contribution >= 4 is 17.7 Å². The number of carbonyl (C=O) groups is 1. The van der Waals surface area contributed by atoms with E-state index in [0.29, 0.717) is 18.2 Å². The summed E-state index contributed by atoms with van der Waals surface area (Å²) in [5.41, 5.74) is 0. The highest BCUT2D eigenvalue weighted by Gasteiger charge is 2.28. The summed E-state index contributed by atoms with van der Waals surface area (Å²) in [5.74, 6) is 0.533. The van der Waals surface area contributed by atoms with Crippen molar-refractivity contribution in [3.63, 3.8) is 0 Å². The van der Waals surface area contributed by atoms with Crippen LogP contribution >= 0.6 is 0 Å². The molecule has 1 N–H and O–H groups in total. The van der Waals surface area contributed by atoms with E-state index in [1.165, 1.54) is 0 Å². The van der Waals surface area contributed by atoms with Crippen LogP contribution in [0.5, 0.6) is 0 Å². The fraction of sp³-hybridized carbons (Fsp3) is 0.615. The van der Waals surface area contributed by atoms with Gasteiger partial charge in [0.1, 0.15) is 11.9 Å². The van der Waals surface area contributed by atoms with Gasteiger partial charge in [0, 0.05) is 26.8 Å². The number of nitrogens with zero attached hydrogens (tertiary/aromatic N) is 4. The minimum atomic E-state index is -0.771. The van der Waals surface area contributed by atoms with Crippen molar-refractivity contribution in [2.24, 2.45) is 0 Å². The maximum atomic E-state index is 11.4. The number of anilines is 2. The van der Waals surface area contributed by atoms with E-state index in [1.807, 2.05) is 23.9 Å². The standard InChI is InChI=1S/C13H20N4O2/c1-16(2)13-14-8-7-11(15-13)17-9-5-3-4-6-10(17)12(18)19/h7-8,10H,3-6,9H2,1-2H3,(H,18,19). The molecule has 1 aromatic heterocycles. The lowest BCUT2D eigenvalue weighted by Crippen LogP contribution is -2.41. The van der Waals surface area contributed by atoms with Gasteiger partial charge >= 0.3 is 5.97 Å². The average molecular weight is 264 g/mol. The summed E-state index contributed by atoms with van der Waals surface area (Å²) in [6.07, 6.45) is 5.40. The fourth-order valence-corrected chi connectivity index (χ4v) is 2.35. The van der Waals surface area contributed by atoms with E-state index in [1.54, 1.807) is 12.3 Å². The third-order valence-corrected chi connectivity index (χ3v) is 3.36. The van der Waals surface area contributed by atoms with Crippen LogP contribution in [0.15, 0.2) is 12.3 Å². The van der Waals surface area contributed by atoms with Gasteiger partial charge in [0.05, 0.1) is 0 Å². The summed E-state index contributed by atoms with van der Waals surface area (Å²) >= 11 is 0. The van der Waals surface area contributed by atoms with E-state index in [9.17, 15) is 9.90 Å². The SMILES string of the molecule is CN(C)c1nccc(N2CCCCCC2C(=O)O)n1. The maximum Gasteiger partial charge on any atom is 0.326 e. The quantitative estimate of drug-likeness (QED) is 0.889. The predicted molar refractivity (Wildman–Crippen MR) is 73.6 cm³/mol. The molecular formula is C13H20N4O2. The summed E-state index contributed by atoms with van der Waals surface area (Å²) in [6, 6.07) is 1.31. The first-order chi connectivity index (χ1) is 9.09. The monoisotopic (exact) mass is 264 g/mol. The van der Waals surface area contributed by atoms with Crippen molar-refractivity contribution in [3.05, 3.63) is 12.3 Å². The molecule has 2 heterocycles. The summed E-state index contributed by atoms with van der Waals surface area (Å²) in [6.45, 7) is 0.737. The highest BCUT2D eigenvalue weighted by Crippen LogP contribution is 2.23. The zero-order chi connectivity index (χ0) is 13.8. The molecule has 6 nitrogen and oxygen atoms in total. The Labute approximate surface area is 113 Å². The van der Waals surface area contributed by atoms with E-state index >= 15 is 0 Å². The largest absolute Gasteiger partial charge is 0.480 e. The molecule has 1 unspecified atom stereocenters. The molecule has 1 saturated heterocycles. The van der Waals surface area contributed by atoms with Gasteiger partial charge in [0.15, 0.2) is 0 Å². The molecule has 6 heteroatoms. The summed E-state index contributed by atoms with van der Waals surface area (Å²) in [7, 11) is 3.74. The Morgan fingerprint density at radius 1 is 1.42 bits per heavy atom. The summed E-state index contributed by atoms with van der Waals surface area (Å²) < 4.78 is 0. The molecule has 1 atom stereocenters. The number of aliphatic carboxylic acids is 1. The van der Waals surface area contributed by atoms with Crippen LogP contribution in [-0.2, 0) is 4.79 Å². The predicted octanol–water partition coefficient (Wildman–Crippen LogP) is 1.38. The third kappa shape index (κ3) is 3.13. The van der Waals surface area contributed by atoms with Crippen molar-refractivity contribution in [2.45, 2.75) is 31.7 Å². The number of hydrogen-bond acceptors (Lipinski definition) is 5. The van der Waals surface area contributed by atoms with Crippen molar-refractivity contribution in [2.75, 3.05) is 30.4 Å². The topological polar surface area (TPSA) is 69.6 Å². The number of carboxylic acids is 1. The Kier molecular flexibility index (Phi) is 4.19. The van der Waals surface area contributed by atoms with Gasteiger partial charge in [-0.3, -0.25) is 0 Å². The van der Waals surface area contributed by atoms with Crippen LogP contribution in [0.2, 0.25) is 0 Å². The molecule has 2 rings (SSSR count). The van der Waals surface area contributed by atoms with Crippen LogP contribution < -0.4 is 9.80 Å².